The van der Waals surface area contributed by atoms with E-state index in [9.17, 15) is 14.0 Å². The average Bonchev–Trinajstić information content (AvgIpc) is 3.32. The average molecular weight is 499 g/mol. The summed E-state index contributed by atoms with van der Waals surface area (Å²) in [6, 6.07) is 5.23. The molecule has 8 nitrogen and oxygen atoms in total. The number of aromatic nitrogens is 2. The lowest BCUT2D eigenvalue weighted by Crippen LogP contribution is -2.19. The highest BCUT2D eigenvalue weighted by molar-refractivity contribution is 5.96. The molecule has 0 saturated heterocycles. The minimum atomic E-state index is -0.612. The van der Waals surface area contributed by atoms with Gasteiger partial charge in [0, 0.05) is 22.5 Å². The van der Waals surface area contributed by atoms with Gasteiger partial charge in [-0.15, -0.1) is 0 Å². The van der Waals surface area contributed by atoms with Crippen LogP contribution in [0.15, 0.2) is 59.0 Å². The zero-order valence-corrected chi connectivity index (χ0v) is 20.4. The van der Waals surface area contributed by atoms with Crippen molar-refractivity contribution in [3.05, 3.63) is 86.9 Å². The second kappa shape index (κ2) is 10.9. The van der Waals surface area contributed by atoms with Gasteiger partial charge in [0.2, 0.25) is 11.8 Å². The lowest BCUT2D eigenvalue weighted by molar-refractivity contribution is -0.115. The van der Waals surface area contributed by atoms with E-state index in [1.54, 1.807) is 30.4 Å². The van der Waals surface area contributed by atoms with E-state index >= 15 is 0 Å². The van der Waals surface area contributed by atoms with Gasteiger partial charge in [0.05, 0.1) is 23.5 Å². The minimum absolute atomic E-state index is 0.118. The van der Waals surface area contributed by atoms with Crippen LogP contribution >= 0.6 is 0 Å². The van der Waals surface area contributed by atoms with Gasteiger partial charge in [-0.05, 0) is 59.1 Å². The minimum Gasteiger partial charge on any atom is -0.309 e. The first-order chi connectivity index (χ1) is 18.0. The number of rotatable bonds is 6. The molecular weight excluding hydrogens is 471 g/mol. The zero-order valence-electron chi connectivity index (χ0n) is 20.4. The summed E-state index contributed by atoms with van der Waals surface area (Å²) in [6.45, 7) is 0. The van der Waals surface area contributed by atoms with Crippen molar-refractivity contribution < 1.29 is 14.0 Å². The topological polar surface area (TPSA) is 121 Å². The maximum Gasteiger partial charge on any atom is 0.249 e. The Hall–Kier alpha value is -4.10. The Labute approximate surface area is 214 Å². The molecule has 2 aromatic rings. The number of carbonyl (C=O) groups excluding carboxylic acids is 2. The van der Waals surface area contributed by atoms with E-state index < -0.39 is 5.91 Å². The molecule has 0 unspecified atom stereocenters. The smallest absolute Gasteiger partial charge is 0.249 e. The Morgan fingerprint density at radius 1 is 1.16 bits per heavy atom. The number of benzene rings is 1. The fourth-order valence-electron chi connectivity index (χ4n) is 5.26. The Morgan fingerprint density at radius 2 is 2.00 bits per heavy atom. The molecule has 0 aliphatic heterocycles. The summed E-state index contributed by atoms with van der Waals surface area (Å²) >= 11 is 0. The van der Waals surface area contributed by atoms with E-state index in [4.69, 9.17) is 15.5 Å². The normalized spacial score (nSPS) is 16.6. The molecule has 1 saturated carbocycles. The number of hydrogen-bond acceptors (Lipinski definition) is 4. The predicted octanol–water partition coefficient (Wildman–Crippen LogP) is 6.49. The molecule has 3 aliphatic carbocycles. The molecule has 37 heavy (non-hydrogen) atoms. The van der Waals surface area contributed by atoms with Crippen LogP contribution in [0.1, 0.15) is 65.8 Å². The molecule has 1 aromatic heterocycles. The van der Waals surface area contributed by atoms with Crippen LogP contribution in [0, 0.1) is 5.92 Å². The maximum atomic E-state index is 13.5. The molecule has 3 aliphatic rings. The number of anilines is 1. The summed E-state index contributed by atoms with van der Waals surface area (Å²) < 4.78 is 13.5. The van der Waals surface area contributed by atoms with Gasteiger partial charge in [-0.3, -0.25) is 9.59 Å². The van der Waals surface area contributed by atoms with E-state index in [0.717, 1.165) is 53.0 Å². The number of amides is 2. The van der Waals surface area contributed by atoms with Crippen molar-refractivity contribution in [2.75, 3.05) is 5.32 Å². The number of carbonyl (C=O) groups is 2. The van der Waals surface area contributed by atoms with Crippen molar-refractivity contribution in [1.82, 2.24) is 9.97 Å². The maximum absolute atomic E-state index is 13.5. The fraction of sp³-hybridized carbons (Fsp3) is 0.357. The largest absolute Gasteiger partial charge is 0.309 e. The highest BCUT2D eigenvalue weighted by Crippen LogP contribution is 2.36. The number of nitrogens with zero attached hydrogens (tertiary/aromatic N) is 5. The number of halogens is 1. The standard InChI is InChI=1S/C28H27FN6O2/c29-21-7-3-6-18(8-11-21)15-25(36)33-27-24(14-17-4-1-2-5-17)31-26-22-12-9-20(28(37)34-35-30)16-19(22)10-13-23(26)32-27/h3,6,8-9,11-12,16-17H,1-2,4-5,7,10,13-15H2,(H,32,33,36). The molecule has 5 rings (SSSR count). The second-order valence-corrected chi connectivity index (χ2v) is 9.72. The van der Waals surface area contributed by atoms with Gasteiger partial charge in [0.25, 0.3) is 0 Å². The van der Waals surface area contributed by atoms with Crippen LogP contribution in [0.25, 0.3) is 21.7 Å². The van der Waals surface area contributed by atoms with Crippen molar-refractivity contribution in [3.63, 3.8) is 0 Å². The van der Waals surface area contributed by atoms with Gasteiger partial charge in [-0.25, -0.2) is 14.4 Å². The number of aryl methyl sites for hydroxylation is 2. The van der Waals surface area contributed by atoms with Crippen molar-refractivity contribution in [2.45, 2.75) is 57.8 Å². The van der Waals surface area contributed by atoms with Crippen LogP contribution in [-0.2, 0) is 24.1 Å². The van der Waals surface area contributed by atoms with Crippen molar-refractivity contribution >= 4 is 17.6 Å². The van der Waals surface area contributed by atoms with Gasteiger partial charge in [-0.1, -0.05) is 56.0 Å². The molecular formula is C28H27FN6O2. The highest BCUT2D eigenvalue weighted by Gasteiger charge is 2.25. The first-order valence-electron chi connectivity index (χ1n) is 12.6. The van der Waals surface area contributed by atoms with Gasteiger partial charge in [0.15, 0.2) is 5.82 Å². The first-order valence-corrected chi connectivity index (χ1v) is 12.6. The third-order valence-corrected chi connectivity index (χ3v) is 7.12. The fourth-order valence-corrected chi connectivity index (χ4v) is 5.26. The number of fused-ring (bicyclic) bond motifs is 3. The molecule has 2 amide bonds. The van der Waals surface area contributed by atoms with Crippen LogP contribution in [0.4, 0.5) is 10.2 Å². The van der Waals surface area contributed by atoms with Crippen LogP contribution in [0.3, 0.4) is 0 Å². The lowest BCUT2D eigenvalue weighted by Gasteiger charge is -2.22. The quantitative estimate of drug-likeness (QED) is 0.278. The molecule has 1 fully saturated rings. The molecule has 1 heterocycles. The van der Waals surface area contributed by atoms with Gasteiger partial charge >= 0.3 is 0 Å². The van der Waals surface area contributed by atoms with Gasteiger partial charge in [0.1, 0.15) is 5.83 Å². The Kier molecular flexibility index (Phi) is 7.23. The lowest BCUT2D eigenvalue weighted by atomic mass is 9.90. The third-order valence-electron chi connectivity index (χ3n) is 7.12. The monoisotopic (exact) mass is 498 g/mol. The summed E-state index contributed by atoms with van der Waals surface area (Å²) in [5, 5.41) is 6.18. The van der Waals surface area contributed by atoms with Crippen molar-refractivity contribution in [2.24, 2.45) is 11.0 Å². The Morgan fingerprint density at radius 3 is 2.81 bits per heavy atom. The summed E-state index contributed by atoms with van der Waals surface area (Å²) in [5.74, 6) is -0.0738. The van der Waals surface area contributed by atoms with E-state index in [2.05, 4.69) is 15.3 Å². The molecule has 1 aromatic carbocycles. The molecule has 1 N–H and O–H groups in total. The van der Waals surface area contributed by atoms with E-state index in [-0.39, 0.29) is 24.6 Å². The van der Waals surface area contributed by atoms with Crippen LogP contribution in [0.5, 0.6) is 0 Å². The van der Waals surface area contributed by atoms with Crippen LogP contribution in [-0.4, -0.2) is 21.8 Å². The van der Waals surface area contributed by atoms with Crippen molar-refractivity contribution in [3.8, 4) is 11.3 Å². The number of allylic oxidation sites excluding steroid dienone is 5. The van der Waals surface area contributed by atoms with Crippen molar-refractivity contribution in [1.29, 1.82) is 0 Å². The molecule has 0 atom stereocenters. The number of nitrogens with one attached hydrogen (secondary N) is 1. The summed E-state index contributed by atoms with van der Waals surface area (Å²) in [4.78, 5) is 37.5. The molecule has 0 spiro atoms. The summed E-state index contributed by atoms with van der Waals surface area (Å²) in [6.07, 6.45) is 13.5. The van der Waals surface area contributed by atoms with E-state index in [1.165, 1.54) is 18.9 Å². The number of azide groups is 1. The van der Waals surface area contributed by atoms with E-state index in [1.807, 2.05) is 6.07 Å². The molecule has 0 radical (unpaired) electrons. The first kappa shape index (κ1) is 24.6. The predicted molar refractivity (Wildman–Crippen MR) is 138 cm³/mol. The summed E-state index contributed by atoms with van der Waals surface area (Å²) in [5.41, 5.74) is 13.8. The molecule has 0 bridgehead atoms. The van der Waals surface area contributed by atoms with E-state index in [0.29, 0.717) is 30.1 Å². The Bertz CT molecular complexity index is 1400. The highest BCUT2D eigenvalue weighted by atomic mass is 19.1. The Balaban J connectivity index is 1.45. The summed E-state index contributed by atoms with van der Waals surface area (Å²) in [7, 11) is 0. The molecule has 188 valence electrons. The van der Waals surface area contributed by atoms with Gasteiger partial charge in [-0.2, -0.15) is 0 Å². The number of hydrogen-bond donors (Lipinski definition) is 1. The third kappa shape index (κ3) is 5.67. The van der Waals surface area contributed by atoms with Crippen LogP contribution < -0.4 is 5.32 Å². The van der Waals surface area contributed by atoms with Crippen LogP contribution in [0.2, 0.25) is 0 Å². The second-order valence-electron chi connectivity index (χ2n) is 9.72. The zero-order chi connectivity index (χ0) is 25.8. The van der Waals surface area contributed by atoms with Gasteiger partial charge < -0.3 is 5.32 Å². The molecule has 9 heteroatoms. The SMILES string of the molecule is [N-]=[N+]=NC(=O)c1ccc2c(c1)CCc1nc(NC(=O)CC3=CC=C(F)CC=C3)c(CC3CCCC3)nc1-2.